The van der Waals surface area contributed by atoms with Gasteiger partial charge in [-0.3, -0.25) is 4.79 Å². The number of nitrogens with zero attached hydrogens (tertiary/aromatic N) is 1. The lowest BCUT2D eigenvalue weighted by Gasteiger charge is -2.13. The lowest BCUT2D eigenvalue weighted by atomic mass is 10.1. The number of anilines is 1. The SMILES string of the molecule is CC(CC1CC1)NC(=O)c1cnc(N)c(Cl)c1. The summed E-state index contributed by atoms with van der Waals surface area (Å²) in [5, 5.41) is 3.25. The van der Waals surface area contributed by atoms with Crippen LogP contribution < -0.4 is 11.1 Å². The smallest absolute Gasteiger partial charge is 0.253 e. The number of nitrogens with two attached hydrogens (primary N) is 1. The Morgan fingerprint density at radius 3 is 3.00 bits per heavy atom. The minimum absolute atomic E-state index is 0.146. The molecule has 0 radical (unpaired) electrons. The number of carbonyl (C=O) groups is 1. The highest BCUT2D eigenvalue weighted by molar-refractivity contribution is 6.33. The molecule has 92 valence electrons. The molecule has 17 heavy (non-hydrogen) atoms. The van der Waals surface area contributed by atoms with Crippen molar-refractivity contribution in [1.29, 1.82) is 0 Å². The molecule has 0 saturated heterocycles. The largest absolute Gasteiger partial charge is 0.382 e. The van der Waals surface area contributed by atoms with Gasteiger partial charge < -0.3 is 11.1 Å². The maximum atomic E-state index is 11.9. The normalized spacial score (nSPS) is 16.6. The molecule has 0 aliphatic heterocycles. The summed E-state index contributed by atoms with van der Waals surface area (Å²) in [5.41, 5.74) is 5.94. The van der Waals surface area contributed by atoms with Crippen LogP contribution in [0, 0.1) is 5.92 Å². The molecular formula is C12H16ClN3O. The van der Waals surface area contributed by atoms with E-state index < -0.39 is 0 Å². The molecule has 1 aliphatic rings. The number of carbonyl (C=O) groups excluding carboxylic acids is 1. The first-order valence-corrected chi connectivity index (χ1v) is 6.16. The molecule has 1 saturated carbocycles. The zero-order valence-corrected chi connectivity index (χ0v) is 10.5. The predicted octanol–water partition coefficient (Wildman–Crippen LogP) is 2.24. The van der Waals surface area contributed by atoms with Gasteiger partial charge in [-0.15, -0.1) is 0 Å². The zero-order chi connectivity index (χ0) is 12.4. The van der Waals surface area contributed by atoms with Crippen LogP contribution >= 0.6 is 11.6 Å². The van der Waals surface area contributed by atoms with E-state index in [9.17, 15) is 4.79 Å². The summed E-state index contributed by atoms with van der Waals surface area (Å²) in [7, 11) is 0. The highest BCUT2D eigenvalue weighted by Crippen LogP contribution is 2.33. The molecule has 5 heteroatoms. The molecule has 3 N–H and O–H groups in total. The Bertz CT molecular complexity index is 432. The molecule has 1 aliphatic carbocycles. The number of halogens is 1. The van der Waals surface area contributed by atoms with Crippen molar-refractivity contribution in [3.05, 3.63) is 22.8 Å². The van der Waals surface area contributed by atoms with E-state index >= 15 is 0 Å². The maximum absolute atomic E-state index is 11.9. The van der Waals surface area contributed by atoms with Crippen molar-refractivity contribution in [3.63, 3.8) is 0 Å². The van der Waals surface area contributed by atoms with Gasteiger partial charge in [-0.2, -0.15) is 0 Å². The van der Waals surface area contributed by atoms with Gasteiger partial charge in [0.25, 0.3) is 5.91 Å². The molecule has 1 heterocycles. The van der Waals surface area contributed by atoms with Crippen molar-refractivity contribution in [2.45, 2.75) is 32.2 Å². The summed E-state index contributed by atoms with van der Waals surface area (Å²) < 4.78 is 0. The van der Waals surface area contributed by atoms with Gasteiger partial charge in [0.1, 0.15) is 5.82 Å². The molecule has 1 aromatic heterocycles. The van der Waals surface area contributed by atoms with Crippen LogP contribution in [0.4, 0.5) is 5.82 Å². The highest BCUT2D eigenvalue weighted by atomic mass is 35.5. The Morgan fingerprint density at radius 1 is 1.71 bits per heavy atom. The van der Waals surface area contributed by atoms with Crippen LogP contribution in [0.5, 0.6) is 0 Å². The van der Waals surface area contributed by atoms with Gasteiger partial charge in [0.15, 0.2) is 0 Å². The van der Waals surface area contributed by atoms with Crippen LogP contribution in [0.3, 0.4) is 0 Å². The van der Waals surface area contributed by atoms with Gasteiger partial charge in [-0.1, -0.05) is 24.4 Å². The van der Waals surface area contributed by atoms with Crippen LogP contribution in [-0.4, -0.2) is 16.9 Å². The van der Waals surface area contributed by atoms with Gasteiger partial charge in [0, 0.05) is 12.2 Å². The molecule has 1 amide bonds. The molecule has 0 spiro atoms. The van der Waals surface area contributed by atoms with Gasteiger partial charge in [0.2, 0.25) is 0 Å². The fourth-order valence-electron chi connectivity index (χ4n) is 1.79. The van der Waals surface area contributed by atoms with Crippen molar-refractivity contribution < 1.29 is 4.79 Å². The van der Waals surface area contributed by atoms with Crippen molar-refractivity contribution in [3.8, 4) is 0 Å². The second kappa shape index (κ2) is 4.92. The second-order valence-electron chi connectivity index (χ2n) is 4.64. The first-order valence-electron chi connectivity index (χ1n) is 5.78. The monoisotopic (exact) mass is 253 g/mol. The molecule has 1 aromatic rings. The summed E-state index contributed by atoms with van der Waals surface area (Å²) in [6.45, 7) is 2.02. The van der Waals surface area contributed by atoms with E-state index in [4.69, 9.17) is 17.3 Å². The van der Waals surface area contributed by atoms with E-state index in [1.807, 2.05) is 6.92 Å². The third-order valence-corrected chi connectivity index (χ3v) is 3.20. The van der Waals surface area contributed by atoms with E-state index in [2.05, 4.69) is 10.3 Å². The Balaban J connectivity index is 1.95. The number of nitrogens with one attached hydrogen (secondary N) is 1. The summed E-state index contributed by atoms with van der Waals surface area (Å²) in [5.74, 6) is 0.889. The highest BCUT2D eigenvalue weighted by Gasteiger charge is 2.24. The molecule has 0 bridgehead atoms. The van der Waals surface area contributed by atoms with Crippen LogP contribution in [0.1, 0.15) is 36.5 Å². The number of amides is 1. The van der Waals surface area contributed by atoms with E-state index in [-0.39, 0.29) is 17.8 Å². The lowest BCUT2D eigenvalue weighted by molar-refractivity contribution is 0.0937. The van der Waals surface area contributed by atoms with E-state index in [1.54, 1.807) is 6.07 Å². The molecule has 0 aromatic carbocycles. The Kier molecular flexibility index (Phi) is 3.52. The minimum Gasteiger partial charge on any atom is -0.382 e. The first kappa shape index (κ1) is 12.2. The molecular weight excluding hydrogens is 238 g/mol. The van der Waals surface area contributed by atoms with Crippen molar-refractivity contribution in [2.75, 3.05) is 5.73 Å². The predicted molar refractivity (Wildman–Crippen MR) is 67.9 cm³/mol. The summed E-state index contributed by atoms with van der Waals surface area (Å²) in [6.07, 6.45) is 5.06. The first-order chi connectivity index (χ1) is 8.06. The quantitative estimate of drug-likeness (QED) is 0.865. The number of nitrogen functional groups attached to an aromatic ring is 1. The van der Waals surface area contributed by atoms with Gasteiger partial charge >= 0.3 is 0 Å². The molecule has 2 rings (SSSR count). The zero-order valence-electron chi connectivity index (χ0n) is 9.74. The molecule has 1 atom stereocenters. The van der Waals surface area contributed by atoms with Crippen LogP contribution in [-0.2, 0) is 0 Å². The fourth-order valence-corrected chi connectivity index (χ4v) is 1.96. The standard InChI is InChI=1S/C12H16ClN3O/c1-7(4-8-2-3-8)16-12(17)9-5-10(13)11(14)15-6-9/h5-8H,2-4H2,1H3,(H2,14,15)(H,16,17). The maximum Gasteiger partial charge on any atom is 0.253 e. The third kappa shape index (κ3) is 3.33. The Labute approximate surface area is 106 Å². The number of pyridine rings is 1. The van der Waals surface area contributed by atoms with E-state index in [1.165, 1.54) is 19.0 Å². The number of rotatable bonds is 4. The second-order valence-corrected chi connectivity index (χ2v) is 5.05. The Morgan fingerprint density at radius 2 is 2.41 bits per heavy atom. The Hall–Kier alpha value is -1.29. The van der Waals surface area contributed by atoms with E-state index in [0.717, 1.165) is 12.3 Å². The van der Waals surface area contributed by atoms with Gasteiger partial charge in [-0.25, -0.2) is 4.98 Å². The number of aromatic nitrogens is 1. The topological polar surface area (TPSA) is 68.0 Å². The van der Waals surface area contributed by atoms with Crippen molar-refractivity contribution in [1.82, 2.24) is 10.3 Å². The average molecular weight is 254 g/mol. The average Bonchev–Trinajstić information content (AvgIpc) is 3.05. The van der Waals surface area contributed by atoms with Crippen LogP contribution in [0.25, 0.3) is 0 Å². The lowest BCUT2D eigenvalue weighted by Crippen LogP contribution is -2.33. The van der Waals surface area contributed by atoms with Crippen LogP contribution in [0.15, 0.2) is 12.3 Å². The fraction of sp³-hybridized carbons (Fsp3) is 0.500. The summed E-state index contributed by atoms with van der Waals surface area (Å²) in [6, 6.07) is 1.73. The summed E-state index contributed by atoms with van der Waals surface area (Å²) >= 11 is 5.82. The molecule has 1 fully saturated rings. The number of hydrogen-bond donors (Lipinski definition) is 2. The van der Waals surface area contributed by atoms with Crippen molar-refractivity contribution in [2.24, 2.45) is 5.92 Å². The van der Waals surface area contributed by atoms with Crippen molar-refractivity contribution >= 4 is 23.3 Å². The van der Waals surface area contributed by atoms with Crippen LogP contribution in [0.2, 0.25) is 5.02 Å². The van der Waals surface area contributed by atoms with E-state index in [0.29, 0.717) is 10.6 Å². The molecule has 4 nitrogen and oxygen atoms in total. The number of hydrogen-bond acceptors (Lipinski definition) is 3. The third-order valence-electron chi connectivity index (χ3n) is 2.89. The van der Waals surface area contributed by atoms with Gasteiger partial charge in [-0.05, 0) is 25.3 Å². The van der Waals surface area contributed by atoms with Gasteiger partial charge in [0.05, 0.1) is 10.6 Å². The summed E-state index contributed by atoms with van der Waals surface area (Å²) in [4.78, 5) is 15.7. The minimum atomic E-state index is -0.146. The molecule has 1 unspecified atom stereocenters.